The molecule has 0 saturated carbocycles. The second-order valence-electron chi connectivity index (χ2n) is 7.73. The van der Waals surface area contributed by atoms with Crippen LogP contribution in [0.5, 0.6) is 5.75 Å². The maximum Gasteiger partial charge on any atom is 0.259 e. The highest BCUT2D eigenvalue weighted by Crippen LogP contribution is 2.34. The van der Waals surface area contributed by atoms with Gasteiger partial charge in [0.15, 0.2) is 0 Å². The van der Waals surface area contributed by atoms with Crippen LogP contribution in [0.3, 0.4) is 0 Å². The van der Waals surface area contributed by atoms with Crippen molar-refractivity contribution in [2.75, 3.05) is 43.5 Å². The Morgan fingerprint density at radius 2 is 1.68 bits per heavy atom. The van der Waals surface area contributed by atoms with Crippen LogP contribution in [0.25, 0.3) is 0 Å². The van der Waals surface area contributed by atoms with Gasteiger partial charge in [0.05, 0.1) is 27.9 Å². The van der Waals surface area contributed by atoms with Crippen LogP contribution >= 0.6 is 43.5 Å². The highest BCUT2D eigenvalue weighted by atomic mass is 79.9. The fourth-order valence-corrected chi connectivity index (χ4v) is 5.58. The molecule has 2 amide bonds. The second kappa shape index (κ2) is 10.8. The minimum Gasteiger partial charge on any atom is -0.495 e. The normalized spacial score (nSPS) is 13.5. The number of carbonyl (C=O) groups excluding carboxylic acids is 2. The van der Waals surface area contributed by atoms with E-state index < -0.39 is 0 Å². The van der Waals surface area contributed by atoms with E-state index in [1.54, 1.807) is 12.1 Å². The van der Waals surface area contributed by atoms with Crippen molar-refractivity contribution in [3.05, 3.63) is 85.8 Å². The zero-order valence-corrected chi connectivity index (χ0v) is 22.3. The zero-order chi connectivity index (χ0) is 24.2. The van der Waals surface area contributed by atoms with E-state index in [0.717, 1.165) is 10.2 Å². The average molecular weight is 608 g/mol. The summed E-state index contributed by atoms with van der Waals surface area (Å²) in [6.07, 6.45) is 0. The topological polar surface area (TPSA) is 61.9 Å². The van der Waals surface area contributed by atoms with E-state index in [9.17, 15) is 9.59 Å². The fraction of sp³-hybridized carbons (Fsp3) is 0.200. The van der Waals surface area contributed by atoms with Crippen LogP contribution in [0, 0.1) is 0 Å². The van der Waals surface area contributed by atoms with E-state index in [1.165, 1.54) is 7.11 Å². The molecule has 1 N–H and O–H groups in total. The molecule has 3 aromatic rings. The van der Waals surface area contributed by atoms with Crippen molar-refractivity contribution in [2.45, 2.75) is 0 Å². The zero-order valence-electron chi connectivity index (χ0n) is 18.4. The maximum atomic E-state index is 12.9. The Bertz CT molecular complexity index is 1220. The minimum atomic E-state index is -0.310. The third kappa shape index (κ3) is 5.40. The lowest BCUT2D eigenvalue weighted by molar-refractivity contribution is 0.0746. The number of ether oxygens (including phenoxy) is 1. The second-order valence-corrected chi connectivity index (χ2v) is 9.91. The molecule has 0 unspecified atom stereocenters. The first kappa shape index (κ1) is 24.6. The number of nitrogens with zero attached hydrogens (tertiary/aromatic N) is 2. The summed E-state index contributed by atoms with van der Waals surface area (Å²) in [5.74, 6) is 0.182. The molecule has 0 spiro atoms. The van der Waals surface area contributed by atoms with Gasteiger partial charge < -0.3 is 19.9 Å². The molecule has 176 valence electrons. The molecule has 1 heterocycles. The summed E-state index contributed by atoms with van der Waals surface area (Å²) < 4.78 is 6.80. The van der Waals surface area contributed by atoms with Gasteiger partial charge in [-0.2, -0.15) is 0 Å². The Balaban J connectivity index is 1.42. The highest BCUT2D eigenvalue weighted by Gasteiger charge is 2.24. The van der Waals surface area contributed by atoms with Gasteiger partial charge in [-0.05, 0) is 58.4 Å². The van der Waals surface area contributed by atoms with E-state index in [2.05, 4.69) is 42.1 Å². The lowest BCUT2D eigenvalue weighted by atomic mass is 10.1. The van der Waals surface area contributed by atoms with Gasteiger partial charge in [0.1, 0.15) is 5.75 Å². The molecule has 9 heteroatoms. The van der Waals surface area contributed by atoms with Crippen molar-refractivity contribution in [1.82, 2.24) is 4.90 Å². The van der Waals surface area contributed by atoms with Crippen LogP contribution in [0.2, 0.25) is 5.02 Å². The largest absolute Gasteiger partial charge is 0.495 e. The van der Waals surface area contributed by atoms with Crippen LogP contribution in [0.4, 0.5) is 11.4 Å². The number of benzene rings is 3. The fourth-order valence-electron chi connectivity index (χ4n) is 3.89. The first-order valence-electron chi connectivity index (χ1n) is 10.6. The van der Waals surface area contributed by atoms with Crippen LogP contribution in [0.1, 0.15) is 20.7 Å². The first-order valence-corrected chi connectivity index (χ1v) is 12.6. The number of anilines is 2. The summed E-state index contributed by atoms with van der Waals surface area (Å²) in [5, 5.41) is 3.41. The number of nitrogens with one attached hydrogen (secondary N) is 1. The van der Waals surface area contributed by atoms with Crippen LogP contribution in [-0.4, -0.2) is 50.0 Å². The quantitative estimate of drug-likeness (QED) is 0.382. The first-order chi connectivity index (χ1) is 16.4. The lowest BCUT2D eigenvalue weighted by Gasteiger charge is -2.36. The predicted molar refractivity (Wildman–Crippen MR) is 142 cm³/mol. The molecule has 0 aromatic heterocycles. The van der Waals surface area contributed by atoms with Crippen molar-refractivity contribution < 1.29 is 14.3 Å². The van der Waals surface area contributed by atoms with Gasteiger partial charge in [-0.3, -0.25) is 9.59 Å². The predicted octanol–water partition coefficient (Wildman–Crippen LogP) is 6.09. The lowest BCUT2D eigenvalue weighted by Crippen LogP contribution is -2.48. The Morgan fingerprint density at radius 3 is 2.32 bits per heavy atom. The van der Waals surface area contributed by atoms with Crippen LogP contribution in [-0.2, 0) is 0 Å². The average Bonchev–Trinajstić information content (AvgIpc) is 2.84. The summed E-state index contributed by atoms with van der Waals surface area (Å²) >= 11 is 13.4. The van der Waals surface area contributed by atoms with Gasteiger partial charge >= 0.3 is 0 Å². The Kier molecular flexibility index (Phi) is 7.80. The summed E-state index contributed by atoms with van der Waals surface area (Å²) in [5.41, 5.74) is 2.54. The molecule has 0 radical (unpaired) electrons. The van der Waals surface area contributed by atoms with Crippen LogP contribution in [0.15, 0.2) is 69.6 Å². The molecule has 34 heavy (non-hydrogen) atoms. The number of carbonyl (C=O) groups is 2. The monoisotopic (exact) mass is 605 g/mol. The van der Waals surface area contributed by atoms with Crippen LogP contribution < -0.4 is 15.0 Å². The highest BCUT2D eigenvalue weighted by molar-refractivity contribution is 9.11. The van der Waals surface area contributed by atoms with Gasteiger partial charge in [-0.1, -0.05) is 45.7 Å². The van der Waals surface area contributed by atoms with Gasteiger partial charge in [0.25, 0.3) is 11.8 Å². The van der Waals surface area contributed by atoms with E-state index in [0.29, 0.717) is 58.2 Å². The number of amides is 2. The number of halogens is 3. The molecule has 3 aromatic carbocycles. The van der Waals surface area contributed by atoms with Crippen molar-refractivity contribution in [3.63, 3.8) is 0 Å². The van der Waals surface area contributed by atoms with E-state index in [-0.39, 0.29) is 11.8 Å². The summed E-state index contributed by atoms with van der Waals surface area (Å²) in [7, 11) is 1.52. The van der Waals surface area contributed by atoms with E-state index in [1.807, 2.05) is 53.4 Å². The molecule has 1 aliphatic rings. The molecule has 1 fully saturated rings. The Labute approximate surface area is 220 Å². The SMILES string of the molecule is COc1c(Br)cc(Br)cc1C(=O)Nc1ccc(N2CCN(C(=O)c3ccccc3)CC2)c(Cl)c1. The molecule has 1 aliphatic heterocycles. The van der Waals surface area contributed by atoms with Gasteiger partial charge in [-0.25, -0.2) is 0 Å². The van der Waals surface area contributed by atoms with E-state index >= 15 is 0 Å². The van der Waals surface area contributed by atoms with Gasteiger partial charge in [0, 0.05) is 41.9 Å². The number of piperazine rings is 1. The molecule has 0 atom stereocenters. The Hall–Kier alpha value is -2.55. The standard InChI is InChI=1S/C25H22Br2ClN3O3/c1-34-23-19(13-17(26)14-20(23)27)24(32)29-18-7-8-22(21(28)15-18)30-9-11-31(12-10-30)25(33)16-5-3-2-4-6-16/h2-8,13-15H,9-12H2,1H3,(H,29,32). The summed E-state index contributed by atoms with van der Waals surface area (Å²) in [4.78, 5) is 29.6. The number of rotatable bonds is 5. The molecule has 4 rings (SSSR count). The third-order valence-corrected chi connectivity index (χ3v) is 6.94. The van der Waals surface area contributed by atoms with Crippen molar-refractivity contribution in [2.24, 2.45) is 0 Å². The number of hydrogen-bond donors (Lipinski definition) is 1. The molecule has 1 saturated heterocycles. The number of hydrogen-bond acceptors (Lipinski definition) is 4. The van der Waals surface area contributed by atoms with Crippen molar-refractivity contribution >= 4 is 66.6 Å². The van der Waals surface area contributed by atoms with Crippen molar-refractivity contribution in [3.8, 4) is 5.75 Å². The number of methoxy groups -OCH3 is 1. The molecular formula is C25H22Br2ClN3O3. The van der Waals surface area contributed by atoms with Crippen molar-refractivity contribution in [1.29, 1.82) is 0 Å². The van der Waals surface area contributed by atoms with Gasteiger partial charge in [-0.15, -0.1) is 0 Å². The molecule has 0 bridgehead atoms. The maximum absolute atomic E-state index is 12.9. The smallest absolute Gasteiger partial charge is 0.259 e. The molecule has 6 nitrogen and oxygen atoms in total. The minimum absolute atomic E-state index is 0.0408. The third-order valence-electron chi connectivity index (χ3n) is 5.59. The van der Waals surface area contributed by atoms with E-state index in [4.69, 9.17) is 16.3 Å². The molecule has 0 aliphatic carbocycles. The summed E-state index contributed by atoms with van der Waals surface area (Å²) in [6, 6.07) is 18.3. The molecular weight excluding hydrogens is 586 g/mol. The Morgan fingerprint density at radius 1 is 0.971 bits per heavy atom. The summed E-state index contributed by atoms with van der Waals surface area (Å²) in [6.45, 7) is 2.57. The van der Waals surface area contributed by atoms with Gasteiger partial charge in [0.2, 0.25) is 0 Å².